The molecule has 3 aromatic rings. The van der Waals surface area contributed by atoms with E-state index in [1.807, 2.05) is 53.4 Å². The molecule has 3 aromatic carbocycles. The lowest BCUT2D eigenvalue weighted by atomic mass is 9.89. The largest absolute Gasteiger partial charge is 0.371 e. The van der Waals surface area contributed by atoms with E-state index in [2.05, 4.69) is 40.5 Å². The van der Waals surface area contributed by atoms with Crippen LogP contribution in [0.5, 0.6) is 0 Å². The number of amides is 2. The molecule has 2 saturated heterocycles. The average Bonchev–Trinajstić information content (AvgIpc) is 3.45. The van der Waals surface area contributed by atoms with Crippen LogP contribution in [0, 0.1) is 5.92 Å². The molecule has 2 aliphatic rings. The molecule has 36 heavy (non-hydrogen) atoms. The topological polar surface area (TPSA) is 52.7 Å². The molecule has 2 amide bonds. The van der Waals surface area contributed by atoms with Crippen LogP contribution >= 0.6 is 0 Å². The number of carbonyl (C=O) groups excluding carboxylic acids is 2. The molecule has 5 heteroatoms. The zero-order valence-electron chi connectivity index (χ0n) is 20.9. The van der Waals surface area contributed by atoms with E-state index in [0.717, 1.165) is 69.5 Å². The molecule has 2 fully saturated rings. The summed E-state index contributed by atoms with van der Waals surface area (Å²) in [5, 5.41) is 3.01. The van der Waals surface area contributed by atoms with Crippen LogP contribution in [0.2, 0.25) is 0 Å². The molecule has 0 radical (unpaired) electrons. The van der Waals surface area contributed by atoms with E-state index in [0.29, 0.717) is 23.6 Å². The van der Waals surface area contributed by atoms with Gasteiger partial charge in [-0.1, -0.05) is 60.7 Å². The maximum absolute atomic E-state index is 13.5. The smallest absolute Gasteiger partial charge is 0.256 e. The SMILES string of the molecule is O=C(Cc1ccccc1)Nc1ccc(N2CCC(Cc3ccccc3)CC2)c(C(=O)N2CCCC2)c1. The van der Waals surface area contributed by atoms with Crippen molar-refractivity contribution in [2.45, 2.75) is 38.5 Å². The Morgan fingerprint density at radius 2 is 1.42 bits per heavy atom. The monoisotopic (exact) mass is 481 g/mol. The quantitative estimate of drug-likeness (QED) is 0.481. The highest BCUT2D eigenvalue weighted by Crippen LogP contribution is 2.31. The van der Waals surface area contributed by atoms with Gasteiger partial charge in [0.1, 0.15) is 0 Å². The van der Waals surface area contributed by atoms with Crippen LogP contribution in [0.4, 0.5) is 11.4 Å². The summed E-state index contributed by atoms with van der Waals surface area (Å²) in [4.78, 5) is 30.5. The standard InChI is InChI=1S/C31H35N3O2/c35-30(22-25-11-5-2-6-12-25)32-27-13-14-29(28(23-27)31(36)34-17-7-8-18-34)33-19-15-26(16-20-33)21-24-9-3-1-4-10-24/h1-6,9-14,23,26H,7-8,15-22H2,(H,32,35). The third-order valence-corrected chi connectivity index (χ3v) is 7.43. The van der Waals surface area contributed by atoms with Crippen molar-refractivity contribution >= 4 is 23.2 Å². The number of nitrogens with zero attached hydrogens (tertiary/aromatic N) is 2. The lowest BCUT2D eigenvalue weighted by molar-refractivity contribution is -0.115. The van der Waals surface area contributed by atoms with Crippen molar-refractivity contribution in [3.8, 4) is 0 Å². The molecule has 5 rings (SSSR count). The van der Waals surface area contributed by atoms with Crippen molar-refractivity contribution in [1.82, 2.24) is 4.90 Å². The van der Waals surface area contributed by atoms with Crippen LogP contribution in [-0.4, -0.2) is 42.9 Å². The Morgan fingerprint density at radius 1 is 0.778 bits per heavy atom. The zero-order valence-corrected chi connectivity index (χ0v) is 20.9. The summed E-state index contributed by atoms with van der Waals surface area (Å²) in [6, 6.07) is 26.3. The van der Waals surface area contributed by atoms with Crippen molar-refractivity contribution in [1.29, 1.82) is 0 Å². The molecule has 0 spiro atoms. The minimum absolute atomic E-state index is 0.0738. The second kappa shape index (κ2) is 11.4. The van der Waals surface area contributed by atoms with E-state index in [1.165, 1.54) is 5.56 Å². The molecule has 0 aromatic heterocycles. The van der Waals surface area contributed by atoms with E-state index in [-0.39, 0.29) is 11.8 Å². The Morgan fingerprint density at radius 3 is 2.08 bits per heavy atom. The maximum Gasteiger partial charge on any atom is 0.256 e. The van der Waals surface area contributed by atoms with Gasteiger partial charge in [0.15, 0.2) is 0 Å². The van der Waals surface area contributed by atoms with Gasteiger partial charge >= 0.3 is 0 Å². The fourth-order valence-electron chi connectivity index (χ4n) is 5.46. The second-order valence-corrected chi connectivity index (χ2v) is 10.1. The summed E-state index contributed by atoms with van der Waals surface area (Å²) in [5.41, 5.74) is 4.75. The molecule has 5 nitrogen and oxygen atoms in total. The first kappa shape index (κ1) is 24.1. The van der Waals surface area contributed by atoms with E-state index in [4.69, 9.17) is 0 Å². The van der Waals surface area contributed by atoms with Crippen LogP contribution in [0.1, 0.15) is 47.2 Å². The molecule has 0 atom stereocenters. The molecule has 186 valence electrons. The van der Waals surface area contributed by atoms with Crippen molar-refractivity contribution in [3.63, 3.8) is 0 Å². The van der Waals surface area contributed by atoms with Crippen molar-refractivity contribution in [2.75, 3.05) is 36.4 Å². The number of hydrogen-bond acceptors (Lipinski definition) is 3. The molecular formula is C31H35N3O2. The normalized spacial score (nSPS) is 16.2. The number of benzene rings is 3. The Labute approximate surface area is 214 Å². The number of anilines is 2. The first-order chi connectivity index (χ1) is 17.7. The highest BCUT2D eigenvalue weighted by molar-refractivity contribution is 6.02. The van der Waals surface area contributed by atoms with Crippen molar-refractivity contribution in [3.05, 3.63) is 95.6 Å². The van der Waals surface area contributed by atoms with Crippen LogP contribution < -0.4 is 10.2 Å². The highest BCUT2D eigenvalue weighted by atomic mass is 16.2. The van der Waals surface area contributed by atoms with Gasteiger partial charge < -0.3 is 15.1 Å². The van der Waals surface area contributed by atoms with Gasteiger partial charge in [-0.2, -0.15) is 0 Å². The van der Waals surface area contributed by atoms with Gasteiger partial charge in [-0.05, 0) is 67.3 Å². The number of carbonyl (C=O) groups is 2. The number of rotatable bonds is 7. The van der Waals surface area contributed by atoms with Gasteiger partial charge in [0.05, 0.1) is 12.0 Å². The number of hydrogen-bond donors (Lipinski definition) is 1. The van der Waals surface area contributed by atoms with Crippen LogP contribution in [0.15, 0.2) is 78.9 Å². The molecule has 0 unspecified atom stereocenters. The van der Waals surface area contributed by atoms with Gasteiger partial charge in [0.2, 0.25) is 5.91 Å². The van der Waals surface area contributed by atoms with E-state index in [1.54, 1.807) is 0 Å². The first-order valence-corrected chi connectivity index (χ1v) is 13.2. The van der Waals surface area contributed by atoms with Crippen molar-refractivity contribution < 1.29 is 9.59 Å². The zero-order chi connectivity index (χ0) is 24.7. The molecule has 0 bridgehead atoms. The van der Waals surface area contributed by atoms with E-state index < -0.39 is 0 Å². The molecule has 0 aliphatic carbocycles. The summed E-state index contributed by atoms with van der Waals surface area (Å²) >= 11 is 0. The third-order valence-electron chi connectivity index (χ3n) is 7.43. The van der Waals surface area contributed by atoms with Gasteiger partial charge in [0, 0.05) is 37.6 Å². The molecular weight excluding hydrogens is 446 g/mol. The van der Waals surface area contributed by atoms with Gasteiger partial charge in [0.25, 0.3) is 5.91 Å². The average molecular weight is 482 g/mol. The fourth-order valence-corrected chi connectivity index (χ4v) is 5.46. The summed E-state index contributed by atoms with van der Waals surface area (Å²) in [5.74, 6) is 0.668. The first-order valence-electron chi connectivity index (χ1n) is 13.2. The van der Waals surface area contributed by atoms with Crippen molar-refractivity contribution in [2.24, 2.45) is 5.92 Å². The van der Waals surface area contributed by atoms with E-state index in [9.17, 15) is 9.59 Å². The minimum Gasteiger partial charge on any atom is -0.371 e. The molecule has 1 N–H and O–H groups in total. The van der Waals surface area contributed by atoms with Gasteiger partial charge in [-0.3, -0.25) is 9.59 Å². The summed E-state index contributed by atoms with van der Waals surface area (Å²) < 4.78 is 0. The number of likely N-dealkylation sites (tertiary alicyclic amines) is 1. The number of nitrogens with one attached hydrogen (secondary N) is 1. The lowest BCUT2D eigenvalue weighted by Gasteiger charge is -2.35. The Kier molecular flexibility index (Phi) is 7.65. The summed E-state index contributed by atoms with van der Waals surface area (Å²) in [6.45, 7) is 3.50. The van der Waals surface area contributed by atoms with Gasteiger partial charge in [-0.15, -0.1) is 0 Å². The molecule has 2 aliphatic heterocycles. The minimum atomic E-state index is -0.0738. The maximum atomic E-state index is 13.5. The van der Waals surface area contributed by atoms with Crippen LogP contribution in [0.25, 0.3) is 0 Å². The highest BCUT2D eigenvalue weighted by Gasteiger charge is 2.27. The Hall–Kier alpha value is -3.60. The van der Waals surface area contributed by atoms with Crippen LogP contribution in [0.3, 0.4) is 0 Å². The second-order valence-electron chi connectivity index (χ2n) is 10.1. The Bertz CT molecular complexity index is 1160. The number of piperidine rings is 1. The summed E-state index contributed by atoms with van der Waals surface area (Å²) in [6.07, 6.45) is 5.76. The molecule has 0 saturated carbocycles. The van der Waals surface area contributed by atoms with E-state index >= 15 is 0 Å². The van der Waals surface area contributed by atoms with Gasteiger partial charge in [-0.25, -0.2) is 0 Å². The molecule has 2 heterocycles. The predicted molar refractivity (Wildman–Crippen MR) is 145 cm³/mol. The predicted octanol–water partition coefficient (Wildman–Crippen LogP) is 5.56. The summed E-state index contributed by atoms with van der Waals surface area (Å²) in [7, 11) is 0. The Balaban J connectivity index is 1.30. The third kappa shape index (κ3) is 5.96. The fraction of sp³-hybridized carbons (Fsp3) is 0.355. The van der Waals surface area contributed by atoms with Crippen LogP contribution in [-0.2, 0) is 17.6 Å². The lowest BCUT2D eigenvalue weighted by Crippen LogP contribution is -2.36.